The highest BCUT2D eigenvalue weighted by atomic mass is 16.4. The number of aliphatic carboxylic acids is 1. The second kappa shape index (κ2) is 4.31. The monoisotopic (exact) mass is 195 g/mol. The third kappa shape index (κ3) is 2.16. The van der Waals surface area contributed by atoms with Crippen LogP contribution in [0.4, 0.5) is 0 Å². The second-order valence-corrected chi connectivity index (χ2v) is 3.58. The van der Waals surface area contributed by atoms with E-state index in [-0.39, 0.29) is 6.42 Å². The first kappa shape index (κ1) is 10.8. The number of aromatic nitrogens is 1. The molecule has 0 aliphatic rings. The number of hydrogen-bond donors (Lipinski definition) is 2. The molecule has 0 atom stereocenters. The van der Waals surface area contributed by atoms with Gasteiger partial charge in [-0.05, 0) is 37.8 Å². The van der Waals surface area contributed by atoms with Gasteiger partial charge in [0, 0.05) is 17.8 Å². The lowest BCUT2D eigenvalue weighted by Crippen LogP contribution is -1.99. The van der Waals surface area contributed by atoms with Crippen molar-refractivity contribution >= 4 is 5.97 Å². The predicted octanol–water partition coefficient (Wildman–Crippen LogP) is 2.21. The lowest BCUT2D eigenvalue weighted by molar-refractivity contribution is -0.136. The van der Waals surface area contributed by atoms with Crippen LogP contribution in [0.15, 0.2) is 0 Å². The molecule has 0 spiro atoms. The average Bonchev–Trinajstić information content (AvgIpc) is 2.40. The van der Waals surface area contributed by atoms with Crippen LogP contribution in [0, 0.1) is 13.8 Å². The van der Waals surface area contributed by atoms with Crippen LogP contribution in [0.25, 0.3) is 0 Å². The van der Waals surface area contributed by atoms with Gasteiger partial charge in [-0.15, -0.1) is 0 Å². The summed E-state index contributed by atoms with van der Waals surface area (Å²) in [6, 6.07) is 0. The number of aryl methyl sites for hydroxylation is 2. The van der Waals surface area contributed by atoms with Gasteiger partial charge in [0.05, 0.1) is 0 Å². The zero-order valence-corrected chi connectivity index (χ0v) is 8.98. The van der Waals surface area contributed by atoms with Crippen LogP contribution in [-0.2, 0) is 17.6 Å². The van der Waals surface area contributed by atoms with Gasteiger partial charge in [0.2, 0.25) is 0 Å². The Balaban J connectivity index is 2.88. The van der Waals surface area contributed by atoms with E-state index in [2.05, 4.69) is 11.9 Å². The molecule has 0 saturated heterocycles. The Morgan fingerprint density at radius 3 is 2.57 bits per heavy atom. The molecule has 1 heterocycles. The van der Waals surface area contributed by atoms with Crippen molar-refractivity contribution in [3.05, 3.63) is 22.5 Å². The van der Waals surface area contributed by atoms with Crippen molar-refractivity contribution in [2.75, 3.05) is 0 Å². The average molecular weight is 195 g/mol. The van der Waals surface area contributed by atoms with E-state index < -0.39 is 5.97 Å². The summed E-state index contributed by atoms with van der Waals surface area (Å²) in [5, 5.41) is 8.63. The molecule has 0 saturated carbocycles. The van der Waals surface area contributed by atoms with Gasteiger partial charge < -0.3 is 10.1 Å². The van der Waals surface area contributed by atoms with Crippen LogP contribution in [-0.4, -0.2) is 16.1 Å². The highest BCUT2D eigenvalue weighted by Gasteiger charge is 2.11. The predicted molar refractivity (Wildman–Crippen MR) is 55.6 cm³/mol. The third-order valence-electron chi connectivity index (χ3n) is 2.66. The molecule has 0 aliphatic heterocycles. The Morgan fingerprint density at radius 1 is 1.43 bits per heavy atom. The molecule has 0 unspecified atom stereocenters. The fourth-order valence-electron chi connectivity index (χ4n) is 1.72. The van der Waals surface area contributed by atoms with E-state index in [0.29, 0.717) is 6.42 Å². The number of aromatic amines is 1. The highest BCUT2D eigenvalue weighted by Crippen LogP contribution is 2.19. The van der Waals surface area contributed by atoms with Crippen molar-refractivity contribution in [1.82, 2.24) is 4.98 Å². The third-order valence-corrected chi connectivity index (χ3v) is 2.66. The van der Waals surface area contributed by atoms with Gasteiger partial charge in [-0.3, -0.25) is 4.79 Å². The van der Waals surface area contributed by atoms with Crippen LogP contribution >= 0.6 is 0 Å². The van der Waals surface area contributed by atoms with Crippen molar-refractivity contribution in [3.8, 4) is 0 Å². The zero-order valence-electron chi connectivity index (χ0n) is 8.98. The summed E-state index contributed by atoms with van der Waals surface area (Å²) in [4.78, 5) is 13.8. The topological polar surface area (TPSA) is 53.1 Å². The summed E-state index contributed by atoms with van der Waals surface area (Å²) in [5.41, 5.74) is 4.74. The van der Waals surface area contributed by atoms with E-state index in [0.717, 1.165) is 12.1 Å². The lowest BCUT2D eigenvalue weighted by atomic mass is 10.0. The highest BCUT2D eigenvalue weighted by molar-refractivity contribution is 5.67. The van der Waals surface area contributed by atoms with E-state index in [1.54, 1.807) is 0 Å². The fraction of sp³-hybridized carbons (Fsp3) is 0.545. The Labute approximate surface area is 84.2 Å². The minimum Gasteiger partial charge on any atom is -0.481 e. The fourth-order valence-corrected chi connectivity index (χ4v) is 1.72. The Morgan fingerprint density at radius 2 is 2.07 bits per heavy atom. The van der Waals surface area contributed by atoms with Gasteiger partial charge in [0.1, 0.15) is 0 Å². The molecule has 2 N–H and O–H groups in total. The minimum absolute atomic E-state index is 0.213. The van der Waals surface area contributed by atoms with E-state index >= 15 is 0 Å². The Hall–Kier alpha value is -1.25. The number of carboxylic acid groups (broad SMARTS) is 1. The SMILES string of the molecule is CCc1[nH]c(C)c(C)c1CCC(=O)O. The molecule has 0 aromatic carbocycles. The molecule has 0 bridgehead atoms. The molecule has 1 aromatic rings. The van der Waals surface area contributed by atoms with Crippen LogP contribution in [0.5, 0.6) is 0 Å². The number of nitrogens with one attached hydrogen (secondary N) is 1. The molecule has 1 aromatic heterocycles. The van der Waals surface area contributed by atoms with E-state index in [4.69, 9.17) is 5.11 Å². The van der Waals surface area contributed by atoms with E-state index in [1.807, 2.05) is 13.8 Å². The number of H-pyrrole nitrogens is 1. The van der Waals surface area contributed by atoms with E-state index in [9.17, 15) is 4.79 Å². The van der Waals surface area contributed by atoms with Crippen molar-refractivity contribution in [2.24, 2.45) is 0 Å². The maximum atomic E-state index is 10.5. The van der Waals surface area contributed by atoms with Crippen molar-refractivity contribution in [2.45, 2.75) is 40.0 Å². The molecular formula is C11H17NO2. The molecule has 0 radical (unpaired) electrons. The summed E-state index contributed by atoms with van der Waals surface area (Å²) in [6.07, 6.45) is 1.78. The maximum absolute atomic E-state index is 10.5. The summed E-state index contributed by atoms with van der Waals surface area (Å²) >= 11 is 0. The van der Waals surface area contributed by atoms with Gasteiger partial charge in [-0.2, -0.15) is 0 Å². The Bertz CT molecular complexity index is 339. The molecule has 0 fully saturated rings. The van der Waals surface area contributed by atoms with Crippen LogP contribution in [0.1, 0.15) is 35.9 Å². The molecular weight excluding hydrogens is 178 g/mol. The summed E-state index contributed by atoms with van der Waals surface area (Å²) < 4.78 is 0. The van der Waals surface area contributed by atoms with Crippen LogP contribution in [0.2, 0.25) is 0 Å². The van der Waals surface area contributed by atoms with E-state index in [1.165, 1.54) is 16.8 Å². The van der Waals surface area contributed by atoms with Gasteiger partial charge in [-0.25, -0.2) is 0 Å². The summed E-state index contributed by atoms with van der Waals surface area (Å²) in [7, 11) is 0. The first-order chi connectivity index (χ1) is 6.56. The molecule has 1 rings (SSSR count). The van der Waals surface area contributed by atoms with Gasteiger partial charge >= 0.3 is 5.97 Å². The number of carboxylic acids is 1. The zero-order chi connectivity index (χ0) is 10.7. The molecule has 78 valence electrons. The standard InChI is InChI=1S/C11H17NO2/c1-4-10-9(5-6-11(13)14)7(2)8(3)12-10/h12H,4-6H2,1-3H3,(H,13,14). The number of rotatable bonds is 4. The first-order valence-electron chi connectivity index (χ1n) is 4.95. The second-order valence-electron chi connectivity index (χ2n) is 3.58. The maximum Gasteiger partial charge on any atom is 0.303 e. The van der Waals surface area contributed by atoms with Crippen LogP contribution in [0.3, 0.4) is 0 Å². The van der Waals surface area contributed by atoms with Crippen LogP contribution < -0.4 is 0 Å². The smallest absolute Gasteiger partial charge is 0.303 e. The van der Waals surface area contributed by atoms with Crippen molar-refractivity contribution < 1.29 is 9.90 Å². The lowest BCUT2D eigenvalue weighted by Gasteiger charge is -2.01. The molecule has 0 amide bonds. The molecule has 3 heteroatoms. The van der Waals surface area contributed by atoms with Gasteiger partial charge in [0.25, 0.3) is 0 Å². The van der Waals surface area contributed by atoms with Crippen molar-refractivity contribution in [1.29, 1.82) is 0 Å². The van der Waals surface area contributed by atoms with Gasteiger partial charge in [-0.1, -0.05) is 6.92 Å². The number of hydrogen-bond acceptors (Lipinski definition) is 1. The molecule has 0 aliphatic carbocycles. The largest absolute Gasteiger partial charge is 0.481 e. The summed E-state index contributed by atoms with van der Waals surface area (Å²) in [5.74, 6) is -0.731. The first-order valence-corrected chi connectivity index (χ1v) is 4.95. The number of carbonyl (C=O) groups is 1. The normalized spacial score (nSPS) is 10.5. The Kier molecular flexibility index (Phi) is 3.33. The quantitative estimate of drug-likeness (QED) is 0.774. The van der Waals surface area contributed by atoms with Gasteiger partial charge in [0.15, 0.2) is 0 Å². The van der Waals surface area contributed by atoms with Crippen molar-refractivity contribution in [3.63, 3.8) is 0 Å². The summed E-state index contributed by atoms with van der Waals surface area (Å²) in [6.45, 7) is 6.15. The molecule has 14 heavy (non-hydrogen) atoms. The minimum atomic E-state index is -0.731. The molecule has 3 nitrogen and oxygen atoms in total.